The van der Waals surface area contributed by atoms with Gasteiger partial charge in [-0.1, -0.05) is 41.4 Å². The van der Waals surface area contributed by atoms with Crippen LogP contribution in [0, 0.1) is 0 Å². The zero-order valence-corrected chi connectivity index (χ0v) is 13.6. The second kappa shape index (κ2) is 7.34. The predicted octanol–water partition coefficient (Wildman–Crippen LogP) is 4.91. The summed E-state index contributed by atoms with van der Waals surface area (Å²) in [5.74, 6) is 1.00. The van der Waals surface area contributed by atoms with Gasteiger partial charge in [-0.25, -0.2) is 0 Å². The van der Waals surface area contributed by atoms with Crippen LogP contribution in [0.1, 0.15) is 15.9 Å². The third-order valence-electron chi connectivity index (χ3n) is 3.05. The number of allylic oxidation sites excluding steroid dienone is 1. The van der Waals surface area contributed by atoms with Crippen molar-refractivity contribution in [3.05, 3.63) is 63.6 Å². The van der Waals surface area contributed by atoms with Gasteiger partial charge in [0, 0.05) is 5.56 Å². The van der Waals surface area contributed by atoms with Gasteiger partial charge in [0.25, 0.3) is 0 Å². The summed E-state index contributed by atoms with van der Waals surface area (Å²) < 4.78 is 10.4. The van der Waals surface area contributed by atoms with Crippen molar-refractivity contribution < 1.29 is 14.3 Å². The minimum Gasteiger partial charge on any atom is -0.493 e. The monoisotopic (exact) mass is 336 g/mol. The van der Waals surface area contributed by atoms with Crippen molar-refractivity contribution in [2.45, 2.75) is 0 Å². The van der Waals surface area contributed by atoms with E-state index in [9.17, 15) is 4.79 Å². The van der Waals surface area contributed by atoms with E-state index >= 15 is 0 Å². The maximum atomic E-state index is 12.2. The third kappa shape index (κ3) is 3.62. The SMILES string of the molecule is COc1ccc(/C=C/C(=O)c2cccc(Cl)c2Cl)cc1OC. The number of ketones is 1. The lowest BCUT2D eigenvalue weighted by molar-refractivity contribution is 0.104. The van der Waals surface area contributed by atoms with E-state index in [1.54, 1.807) is 50.6 Å². The zero-order chi connectivity index (χ0) is 16.1. The lowest BCUT2D eigenvalue weighted by Gasteiger charge is -2.07. The number of benzene rings is 2. The normalized spacial score (nSPS) is 10.7. The summed E-state index contributed by atoms with van der Waals surface area (Å²) in [6.45, 7) is 0. The first-order valence-corrected chi connectivity index (χ1v) is 7.21. The second-order valence-electron chi connectivity index (χ2n) is 4.41. The van der Waals surface area contributed by atoms with Crippen LogP contribution < -0.4 is 9.47 Å². The molecule has 2 aromatic rings. The molecule has 0 spiro atoms. The highest BCUT2D eigenvalue weighted by Crippen LogP contribution is 2.29. The Bertz CT molecular complexity index is 724. The molecular formula is C17H14Cl2O3. The molecule has 114 valence electrons. The average molecular weight is 337 g/mol. The number of rotatable bonds is 5. The number of halogens is 2. The highest BCUT2D eigenvalue weighted by Gasteiger charge is 2.10. The van der Waals surface area contributed by atoms with Gasteiger partial charge in [-0.2, -0.15) is 0 Å². The van der Waals surface area contributed by atoms with Crippen LogP contribution in [0.2, 0.25) is 10.0 Å². The Hall–Kier alpha value is -1.97. The molecule has 0 saturated heterocycles. The summed E-state index contributed by atoms with van der Waals surface area (Å²) in [5.41, 5.74) is 1.18. The van der Waals surface area contributed by atoms with Crippen molar-refractivity contribution in [3.8, 4) is 11.5 Å². The fourth-order valence-corrected chi connectivity index (χ4v) is 2.31. The molecule has 0 aliphatic heterocycles. The average Bonchev–Trinajstić information content (AvgIpc) is 2.54. The number of methoxy groups -OCH3 is 2. The molecule has 0 aliphatic rings. The highest BCUT2D eigenvalue weighted by molar-refractivity contribution is 6.44. The van der Waals surface area contributed by atoms with Crippen LogP contribution in [0.25, 0.3) is 6.08 Å². The maximum absolute atomic E-state index is 12.2. The molecule has 2 rings (SSSR count). The Morgan fingerprint density at radius 1 is 1.05 bits per heavy atom. The third-order valence-corrected chi connectivity index (χ3v) is 3.87. The summed E-state index contributed by atoms with van der Waals surface area (Å²) in [6, 6.07) is 10.3. The highest BCUT2D eigenvalue weighted by atomic mass is 35.5. The van der Waals surface area contributed by atoms with E-state index in [1.807, 2.05) is 6.07 Å². The van der Waals surface area contributed by atoms with Crippen molar-refractivity contribution in [1.29, 1.82) is 0 Å². The van der Waals surface area contributed by atoms with Gasteiger partial charge in [0.1, 0.15) is 0 Å². The van der Waals surface area contributed by atoms with E-state index in [0.717, 1.165) is 5.56 Å². The van der Waals surface area contributed by atoms with Crippen molar-refractivity contribution >= 4 is 35.1 Å². The molecule has 0 heterocycles. The number of hydrogen-bond donors (Lipinski definition) is 0. The van der Waals surface area contributed by atoms with E-state index in [1.165, 1.54) is 6.08 Å². The second-order valence-corrected chi connectivity index (χ2v) is 5.20. The van der Waals surface area contributed by atoms with Gasteiger partial charge < -0.3 is 9.47 Å². The largest absolute Gasteiger partial charge is 0.493 e. The molecule has 0 radical (unpaired) electrons. The van der Waals surface area contributed by atoms with Crippen LogP contribution in [-0.2, 0) is 0 Å². The van der Waals surface area contributed by atoms with Crippen LogP contribution in [0.4, 0.5) is 0 Å². The molecule has 0 N–H and O–H groups in total. The molecule has 0 amide bonds. The molecular weight excluding hydrogens is 323 g/mol. The van der Waals surface area contributed by atoms with Crippen LogP contribution in [0.15, 0.2) is 42.5 Å². The fourth-order valence-electron chi connectivity index (χ4n) is 1.91. The topological polar surface area (TPSA) is 35.5 Å². The molecule has 0 atom stereocenters. The van der Waals surface area contributed by atoms with E-state index in [-0.39, 0.29) is 10.8 Å². The molecule has 22 heavy (non-hydrogen) atoms. The molecule has 0 saturated carbocycles. The minimum atomic E-state index is -0.220. The van der Waals surface area contributed by atoms with Gasteiger partial charge in [-0.3, -0.25) is 4.79 Å². The van der Waals surface area contributed by atoms with Gasteiger partial charge in [0.15, 0.2) is 17.3 Å². The summed E-state index contributed by atoms with van der Waals surface area (Å²) >= 11 is 11.9. The first-order valence-electron chi connectivity index (χ1n) is 6.45. The summed E-state index contributed by atoms with van der Waals surface area (Å²) in [7, 11) is 3.13. The van der Waals surface area contributed by atoms with Crippen molar-refractivity contribution in [2.75, 3.05) is 14.2 Å². The number of carbonyl (C=O) groups excluding carboxylic acids is 1. The van der Waals surface area contributed by atoms with Crippen molar-refractivity contribution in [2.24, 2.45) is 0 Å². The number of carbonyl (C=O) groups is 1. The molecule has 0 aromatic heterocycles. The number of ether oxygens (including phenoxy) is 2. The Labute approximate surface area is 139 Å². The molecule has 0 fully saturated rings. The Morgan fingerprint density at radius 3 is 2.45 bits per heavy atom. The van der Waals surface area contributed by atoms with E-state index in [2.05, 4.69) is 0 Å². The lowest BCUT2D eigenvalue weighted by Crippen LogP contribution is -1.95. The first-order chi connectivity index (χ1) is 10.6. The van der Waals surface area contributed by atoms with Gasteiger partial charge >= 0.3 is 0 Å². The van der Waals surface area contributed by atoms with Crippen LogP contribution in [0.5, 0.6) is 11.5 Å². The Balaban J connectivity index is 2.24. The minimum absolute atomic E-state index is 0.220. The fraction of sp³-hybridized carbons (Fsp3) is 0.118. The molecule has 2 aromatic carbocycles. The summed E-state index contributed by atoms with van der Waals surface area (Å²) in [6.07, 6.45) is 3.13. The first kappa shape index (κ1) is 16.4. The van der Waals surface area contributed by atoms with E-state index in [0.29, 0.717) is 22.1 Å². The maximum Gasteiger partial charge on any atom is 0.187 e. The van der Waals surface area contributed by atoms with Crippen LogP contribution in [-0.4, -0.2) is 20.0 Å². The van der Waals surface area contributed by atoms with E-state index < -0.39 is 0 Å². The molecule has 5 heteroatoms. The van der Waals surface area contributed by atoms with Crippen LogP contribution >= 0.6 is 23.2 Å². The van der Waals surface area contributed by atoms with Gasteiger partial charge in [-0.05, 0) is 35.9 Å². The van der Waals surface area contributed by atoms with Gasteiger partial charge in [0.2, 0.25) is 0 Å². The Morgan fingerprint density at radius 2 is 1.77 bits per heavy atom. The van der Waals surface area contributed by atoms with Crippen LogP contribution in [0.3, 0.4) is 0 Å². The van der Waals surface area contributed by atoms with E-state index in [4.69, 9.17) is 32.7 Å². The van der Waals surface area contributed by atoms with Crippen molar-refractivity contribution in [3.63, 3.8) is 0 Å². The zero-order valence-electron chi connectivity index (χ0n) is 12.1. The predicted molar refractivity (Wildman–Crippen MR) is 89.4 cm³/mol. The number of hydrogen-bond acceptors (Lipinski definition) is 3. The molecule has 0 unspecified atom stereocenters. The lowest BCUT2D eigenvalue weighted by atomic mass is 10.1. The summed E-state index contributed by atoms with van der Waals surface area (Å²) in [4.78, 5) is 12.2. The van der Waals surface area contributed by atoms with Gasteiger partial charge in [0.05, 0.1) is 24.3 Å². The summed E-state index contributed by atoms with van der Waals surface area (Å²) in [5, 5.41) is 0.609. The molecule has 0 aliphatic carbocycles. The van der Waals surface area contributed by atoms with Crippen molar-refractivity contribution in [1.82, 2.24) is 0 Å². The Kier molecular flexibility index (Phi) is 5.47. The molecule has 0 bridgehead atoms. The van der Waals surface area contributed by atoms with Gasteiger partial charge in [-0.15, -0.1) is 0 Å². The quantitative estimate of drug-likeness (QED) is 0.575. The smallest absolute Gasteiger partial charge is 0.187 e. The molecule has 3 nitrogen and oxygen atoms in total. The standard InChI is InChI=1S/C17H14Cl2O3/c1-21-15-9-7-11(10-16(15)22-2)6-8-14(20)12-4-3-5-13(18)17(12)19/h3-10H,1-2H3/b8-6+.